The molecule has 4 aromatic carbocycles. The van der Waals surface area contributed by atoms with Crippen LogP contribution in [0, 0.1) is 35.1 Å². The summed E-state index contributed by atoms with van der Waals surface area (Å²) in [5.41, 5.74) is 1.22. The van der Waals surface area contributed by atoms with Crippen LogP contribution in [0.5, 0.6) is 11.5 Å². The number of fused-ring (bicyclic) bond motifs is 12. The number of benzene rings is 4. The minimum atomic E-state index is -1.01. The Hall–Kier alpha value is -8.20. The van der Waals surface area contributed by atoms with Crippen molar-refractivity contribution in [3.63, 3.8) is 0 Å². The third-order valence-electron chi connectivity index (χ3n) is 19.8. The monoisotopic (exact) mass is 1270 g/mol. The SMILES string of the molecule is COC(=O)OCOc1c2n(ccc1=O)N([C@@H]1c3ccccc3SCc3c1ccc(F)c3F)[C@@H]1[C@H]3C[C@@H]4CC[C@@]3(CCN1C2=O)O4.COC(=O)OCOc1c2n(ccc1=O)N([C@H]1c3ccccc3SCc3c1ccc(F)c3F)[C@@H]1[C@H]3C[C@@H]4CC[C@@]3(CCN1C2=O)O4. The molecule has 6 saturated heterocycles. The van der Waals surface area contributed by atoms with Gasteiger partial charge in [0.25, 0.3) is 11.8 Å². The van der Waals surface area contributed by atoms with Gasteiger partial charge in [0.2, 0.25) is 35.9 Å². The Bertz CT molecular complexity index is 3860. The van der Waals surface area contributed by atoms with Crippen molar-refractivity contribution in [2.45, 2.75) is 120 Å². The van der Waals surface area contributed by atoms with E-state index < -0.39 is 107 Å². The van der Waals surface area contributed by atoms with Gasteiger partial charge in [-0.3, -0.25) is 38.5 Å². The predicted molar refractivity (Wildman–Crippen MR) is 313 cm³/mol. The van der Waals surface area contributed by atoms with E-state index in [9.17, 15) is 37.5 Å². The first-order chi connectivity index (χ1) is 43.6. The molecule has 0 saturated carbocycles. The summed E-state index contributed by atoms with van der Waals surface area (Å²) < 4.78 is 107. The number of pyridine rings is 2. The molecule has 468 valence electrons. The molecular weight excluding hydrogens is 1220 g/mol. The number of hydrogen-bond donors (Lipinski definition) is 0. The number of carbonyl (C=O) groups excluding carboxylic acids is 4. The van der Waals surface area contributed by atoms with Crippen LogP contribution < -0.4 is 30.3 Å². The maximum Gasteiger partial charge on any atom is 0.510 e. The quantitative estimate of drug-likeness (QED) is 0.0792. The lowest BCUT2D eigenvalue weighted by atomic mass is 9.71. The van der Waals surface area contributed by atoms with Crippen molar-refractivity contribution in [1.29, 1.82) is 0 Å². The second kappa shape index (κ2) is 22.3. The van der Waals surface area contributed by atoms with E-state index in [2.05, 4.69) is 9.47 Å². The summed E-state index contributed by atoms with van der Waals surface area (Å²) in [5, 5.41) is 4.03. The molecule has 6 fully saturated rings. The average molecular weight is 1280 g/mol. The molecule has 2 amide bonds. The first kappa shape index (κ1) is 58.2. The number of methoxy groups -OCH3 is 2. The van der Waals surface area contributed by atoms with Crippen LogP contribution in [0.1, 0.15) is 118 Å². The van der Waals surface area contributed by atoms with E-state index in [1.54, 1.807) is 31.3 Å². The summed E-state index contributed by atoms with van der Waals surface area (Å²) in [6, 6.07) is 22.1. The van der Waals surface area contributed by atoms with Gasteiger partial charge in [0.05, 0.1) is 49.7 Å². The summed E-state index contributed by atoms with van der Waals surface area (Å²) in [5.74, 6) is -4.83. The topological polar surface area (TPSA) is 199 Å². The highest BCUT2D eigenvalue weighted by Crippen LogP contribution is 2.59. The third kappa shape index (κ3) is 9.06. The normalized spacial score (nSPS) is 27.5. The first-order valence-electron chi connectivity index (χ1n) is 29.7. The molecule has 2 aromatic heterocycles. The number of amides is 2. The molecule has 10 atom stereocenters. The van der Waals surface area contributed by atoms with Crippen LogP contribution in [0.15, 0.2) is 117 Å². The van der Waals surface area contributed by atoms with Crippen molar-refractivity contribution in [2.24, 2.45) is 11.8 Å². The van der Waals surface area contributed by atoms with E-state index >= 15 is 8.78 Å². The summed E-state index contributed by atoms with van der Waals surface area (Å²) in [4.78, 5) is 83.8. The Morgan fingerprint density at radius 3 is 1.39 bits per heavy atom. The molecule has 12 heterocycles. The Morgan fingerprint density at radius 2 is 0.978 bits per heavy atom. The van der Waals surface area contributed by atoms with E-state index in [1.807, 2.05) is 58.5 Å². The van der Waals surface area contributed by atoms with Gasteiger partial charge >= 0.3 is 12.3 Å². The van der Waals surface area contributed by atoms with Crippen molar-refractivity contribution in [3.8, 4) is 11.5 Å². The molecule has 0 radical (unpaired) electrons. The van der Waals surface area contributed by atoms with Gasteiger partial charge in [-0.15, -0.1) is 23.5 Å². The smallest absolute Gasteiger partial charge is 0.451 e. The van der Waals surface area contributed by atoms with Crippen LogP contribution in [-0.2, 0) is 39.9 Å². The third-order valence-corrected chi connectivity index (χ3v) is 22.0. The summed E-state index contributed by atoms with van der Waals surface area (Å²) in [7, 11) is 2.28. The molecule has 6 aromatic rings. The van der Waals surface area contributed by atoms with Crippen molar-refractivity contribution < 1.29 is 74.6 Å². The van der Waals surface area contributed by atoms with Gasteiger partial charge in [0, 0.05) is 81.9 Å². The van der Waals surface area contributed by atoms with Crippen LogP contribution in [0.25, 0.3) is 0 Å². The molecular formula is C64H58F4N6O14S2. The summed E-state index contributed by atoms with van der Waals surface area (Å²) in [6.07, 6.45) is 6.52. The summed E-state index contributed by atoms with van der Waals surface area (Å²) in [6.45, 7) is -0.601. The number of carbonyl (C=O) groups is 4. The Morgan fingerprint density at radius 1 is 0.556 bits per heavy atom. The molecule has 16 rings (SSSR count). The first-order valence-corrected chi connectivity index (χ1v) is 31.7. The second-order valence-corrected chi connectivity index (χ2v) is 25.9. The maximum absolute atomic E-state index is 15.6. The standard InChI is InChI=1S/2C32H29F2N3O7S/c2*1-41-31(40)43-16-42-28-23(38)9-12-36-27(28)30(39)35-13-11-32-10-8-17(44-32)14-21(32)29(35)37(36)26-18-6-7-22(33)25(34)20(18)15-45-24-5-3-2-4-19(24)26/h2*2-7,9,12,17,21,26,29H,8,10-11,13-16H2,1H3/t17-,21+,26+,29+,32-;17-,21+,26-,29+,32-/m00/s1. The zero-order valence-electron chi connectivity index (χ0n) is 48.5. The average Bonchev–Trinajstić information content (AvgIpc) is 1.32. The fourth-order valence-electron chi connectivity index (χ4n) is 16.0. The van der Waals surface area contributed by atoms with Gasteiger partial charge in [-0.1, -0.05) is 48.5 Å². The fraction of sp³-hybridized carbons (Fsp3) is 0.406. The molecule has 4 bridgehead atoms. The van der Waals surface area contributed by atoms with E-state index in [0.29, 0.717) is 37.1 Å². The molecule has 2 spiro atoms. The van der Waals surface area contributed by atoms with Crippen LogP contribution >= 0.6 is 23.5 Å². The van der Waals surface area contributed by atoms with Crippen molar-refractivity contribution >= 4 is 47.6 Å². The van der Waals surface area contributed by atoms with Gasteiger partial charge < -0.3 is 47.7 Å². The number of halogens is 4. The fourth-order valence-corrected chi connectivity index (χ4v) is 18.2. The molecule has 0 aliphatic carbocycles. The maximum atomic E-state index is 15.6. The zero-order valence-corrected chi connectivity index (χ0v) is 50.1. The molecule has 20 nitrogen and oxygen atoms in total. The minimum absolute atomic E-state index is 0.0502. The number of aromatic nitrogens is 2. The van der Waals surface area contributed by atoms with E-state index in [-0.39, 0.29) is 69.6 Å². The lowest BCUT2D eigenvalue weighted by molar-refractivity contribution is -0.0762. The predicted octanol–water partition coefficient (Wildman–Crippen LogP) is 9.40. The lowest BCUT2D eigenvalue weighted by Gasteiger charge is -2.57. The van der Waals surface area contributed by atoms with Crippen LogP contribution in [-0.4, -0.2) is 120 Å². The number of piperidine rings is 2. The van der Waals surface area contributed by atoms with Gasteiger partial charge in [-0.2, -0.15) is 0 Å². The number of rotatable bonds is 8. The molecule has 10 aliphatic heterocycles. The Kier molecular flexibility index (Phi) is 14.4. The van der Waals surface area contributed by atoms with Crippen LogP contribution in [0.2, 0.25) is 0 Å². The van der Waals surface area contributed by atoms with E-state index in [4.69, 9.17) is 28.4 Å². The Labute approximate surface area is 519 Å². The molecule has 0 N–H and O–H groups in total. The molecule has 90 heavy (non-hydrogen) atoms. The van der Waals surface area contributed by atoms with E-state index in [1.165, 1.54) is 48.1 Å². The summed E-state index contributed by atoms with van der Waals surface area (Å²) >= 11 is 2.85. The van der Waals surface area contributed by atoms with Gasteiger partial charge in [0.15, 0.2) is 34.7 Å². The van der Waals surface area contributed by atoms with Gasteiger partial charge in [0.1, 0.15) is 12.3 Å². The van der Waals surface area contributed by atoms with Crippen molar-refractivity contribution in [3.05, 3.63) is 186 Å². The molecule has 0 unspecified atom stereocenters. The minimum Gasteiger partial charge on any atom is -0.451 e. The number of ether oxygens (including phenoxy) is 8. The van der Waals surface area contributed by atoms with E-state index in [0.717, 1.165) is 85.8 Å². The second-order valence-electron chi connectivity index (χ2n) is 23.9. The van der Waals surface area contributed by atoms with Gasteiger partial charge in [-0.25, -0.2) is 27.2 Å². The number of nitrogens with zero attached hydrogens (tertiary/aromatic N) is 6. The number of thioether (sulfide) groups is 2. The van der Waals surface area contributed by atoms with Crippen LogP contribution in [0.3, 0.4) is 0 Å². The highest BCUT2D eigenvalue weighted by Gasteiger charge is 2.65. The molecule has 26 heteroatoms. The van der Waals surface area contributed by atoms with Crippen molar-refractivity contribution in [1.82, 2.24) is 19.2 Å². The van der Waals surface area contributed by atoms with Crippen molar-refractivity contribution in [2.75, 3.05) is 50.9 Å². The zero-order chi connectivity index (χ0) is 62.1. The lowest BCUT2D eigenvalue weighted by Crippen LogP contribution is -2.70. The largest absolute Gasteiger partial charge is 0.510 e. The van der Waals surface area contributed by atoms with Gasteiger partial charge in [-0.05, 0) is 97.9 Å². The highest BCUT2D eigenvalue weighted by atomic mass is 32.2. The highest BCUT2D eigenvalue weighted by molar-refractivity contribution is 7.98. The molecule has 10 aliphatic rings. The van der Waals surface area contributed by atoms with Crippen LogP contribution in [0.4, 0.5) is 27.2 Å². The number of hydrogen-bond acceptors (Lipinski definition) is 18. The Balaban J connectivity index is 0.000000150.